The predicted molar refractivity (Wildman–Crippen MR) is 69.2 cm³/mol. The molecule has 0 aliphatic rings. The van der Waals surface area contributed by atoms with Gasteiger partial charge in [0.25, 0.3) is 0 Å². The molecule has 1 rings (SSSR count). The number of hydrogen-bond acceptors (Lipinski definition) is 3. The fourth-order valence-electron chi connectivity index (χ4n) is 1.69. The summed E-state index contributed by atoms with van der Waals surface area (Å²) in [6.45, 7) is 4.28. The minimum absolute atomic E-state index is 0.758. The Hall–Kier alpha value is -0.680. The zero-order valence-electron chi connectivity index (χ0n) is 10.5. The summed E-state index contributed by atoms with van der Waals surface area (Å²) >= 11 is 5.22. The Morgan fingerprint density at radius 1 is 1.38 bits per heavy atom. The average molecular weight is 242 g/mol. The van der Waals surface area contributed by atoms with Crippen molar-refractivity contribution >= 4 is 12.2 Å². The third-order valence-corrected chi connectivity index (χ3v) is 2.86. The molecule has 1 aromatic heterocycles. The molecule has 5 heteroatoms. The molecule has 0 aromatic carbocycles. The van der Waals surface area contributed by atoms with E-state index in [1.165, 1.54) is 6.42 Å². The van der Waals surface area contributed by atoms with Crippen LogP contribution in [-0.2, 0) is 13.0 Å². The van der Waals surface area contributed by atoms with E-state index in [4.69, 9.17) is 12.2 Å². The van der Waals surface area contributed by atoms with E-state index in [2.05, 4.69) is 40.7 Å². The summed E-state index contributed by atoms with van der Waals surface area (Å²) in [4.78, 5) is 2.21. The predicted octanol–water partition coefficient (Wildman–Crippen LogP) is 2.23. The molecule has 1 N–H and O–H groups in total. The molecule has 1 heterocycles. The number of hydrogen-bond donors (Lipinski definition) is 1. The molecule has 16 heavy (non-hydrogen) atoms. The highest BCUT2D eigenvalue weighted by atomic mass is 32.1. The van der Waals surface area contributed by atoms with Gasteiger partial charge in [0.1, 0.15) is 5.82 Å². The van der Waals surface area contributed by atoms with Crippen LogP contribution in [0, 0.1) is 4.77 Å². The van der Waals surface area contributed by atoms with Gasteiger partial charge in [-0.3, -0.25) is 5.10 Å². The molecular weight excluding hydrogens is 220 g/mol. The van der Waals surface area contributed by atoms with Crippen molar-refractivity contribution in [3.8, 4) is 0 Å². The van der Waals surface area contributed by atoms with Crippen LogP contribution in [0.5, 0.6) is 0 Å². The first kappa shape index (κ1) is 13.4. The van der Waals surface area contributed by atoms with Gasteiger partial charge in [-0.1, -0.05) is 6.92 Å². The number of H-pyrrole nitrogens is 1. The quantitative estimate of drug-likeness (QED) is 0.588. The summed E-state index contributed by atoms with van der Waals surface area (Å²) in [5.41, 5.74) is 0. The summed E-state index contributed by atoms with van der Waals surface area (Å²) in [6, 6.07) is 0. The summed E-state index contributed by atoms with van der Waals surface area (Å²) < 4.78 is 2.89. The number of nitrogens with one attached hydrogen (secondary N) is 1. The molecule has 0 bridgehead atoms. The maximum absolute atomic E-state index is 5.22. The molecule has 0 atom stereocenters. The average Bonchev–Trinajstić information content (AvgIpc) is 2.56. The van der Waals surface area contributed by atoms with Gasteiger partial charge in [-0.15, -0.1) is 0 Å². The molecule has 0 radical (unpaired) electrons. The van der Waals surface area contributed by atoms with Gasteiger partial charge in [0, 0.05) is 13.0 Å². The minimum atomic E-state index is 0.758. The van der Waals surface area contributed by atoms with Gasteiger partial charge in [0.05, 0.1) is 0 Å². The summed E-state index contributed by atoms with van der Waals surface area (Å²) in [6.07, 6.45) is 4.46. The molecule has 0 fully saturated rings. The molecule has 0 amide bonds. The van der Waals surface area contributed by atoms with Gasteiger partial charge in [-0.2, -0.15) is 5.10 Å². The largest absolute Gasteiger partial charge is 0.309 e. The van der Waals surface area contributed by atoms with Crippen molar-refractivity contribution in [3.63, 3.8) is 0 Å². The van der Waals surface area contributed by atoms with Gasteiger partial charge in [-0.05, 0) is 52.1 Å². The number of rotatable bonds is 7. The van der Waals surface area contributed by atoms with Crippen LogP contribution in [0.15, 0.2) is 0 Å². The Kier molecular flexibility index (Phi) is 5.69. The van der Waals surface area contributed by atoms with Crippen molar-refractivity contribution < 1.29 is 0 Å². The highest BCUT2D eigenvalue weighted by molar-refractivity contribution is 7.71. The Morgan fingerprint density at radius 2 is 2.12 bits per heavy atom. The van der Waals surface area contributed by atoms with Crippen molar-refractivity contribution in [2.45, 2.75) is 39.2 Å². The van der Waals surface area contributed by atoms with Gasteiger partial charge in [0.2, 0.25) is 0 Å². The highest BCUT2D eigenvalue weighted by Gasteiger charge is 2.04. The van der Waals surface area contributed by atoms with E-state index >= 15 is 0 Å². The SMILES string of the molecule is CCCc1n[nH]c(=S)n1CCCCN(C)C. The van der Waals surface area contributed by atoms with Gasteiger partial charge in [0.15, 0.2) is 4.77 Å². The first-order chi connectivity index (χ1) is 7.65. The molecule has 0 saturated heterocycles. The van der Waals surface area contributed by atoms with Crippen molar-refractivity contribution in [2.24, 2.45) is 0 Å². The highest BCUT2D eigenvalue weighted by Crippen LogP contribution is 2.04. The normalized spacial score (nSPS) is 11.2. The van der Waals surface area contributed by atoms with Crippen LogP contribution in [0.2, 0.25) is 0 Å². The summed E-state index contributed by atoms with van der Waals surface area (Å²) in [5.74, 6) is 1.09. The molecular formula is C11H22N4S. The van der Waals surface area contributed by atoms with Gasteiger partial charge < -0.3 is 9.47 Å². The number of unbranched alkanes of at least 4 members (excludes halogenated alkanes) is 1. The number of aromatic nitrogens is 3. The lowest BCUT2D eigenvalue weighted by Crippen LogP contribution is -2.14. The number of aryl methyl sites for hydroxylation is 1. The summed E-state index contributed by atoms with van der Waals surface area (Å²) in [7, 11) is 4.21. The monoisotopic (exact) mass is 242 g/mol. The molecule has 0 aliphatic heterocycles. The fraction of sp³-hybridized carbons (Fsp3) is 0.818. The lowest BCUT2D eigenvalue weighted by molar-refractivity contribution is 0.386. The van der Waals surface area contributed by atoms with Crippen molar-refractivity contribution in [3.05, 3.63) is 10.6 Å². The van der Waals surface area contributed by atoms with Gasteiger partial charge >= 0.3 is 0 Å². The van der Waals surface area contributed by atoms with Crippen LogP contribution in [-0.4, -0.2) is 40.3 Å². The van der Waals surface area contributed by atoms with E-state index in [-0.39, 0.29) is 0 Å². The zero-order valence-corrected chi connectivity index (χ0v) is 11.3. The van der Waals surface area contributed by atoms with Crippen LogP contribution in [0.3, 0.4) is 0 Å². The molecule has 92 valence electrons. The third kappa shape index (κ3) is 4.06. The van der Waals surface area contributed by atoms with E-state index in [1.54, 1.807) is 0 Å². The van der Waals surface area contributed by atoms with E-state index in [0.29, 0.717) is 0 Å². The standard InChI is InChI=1S/C11H22N4S/c1-4-7-10-12-13-11(16)15(10)9-6-5-8-14(2)3/h4-9H2,1-3H3,(H,13,16). The third-order valence-electron chi connectivity index (χ3n) is 2.55. The Morgan fingerprint density at radius 3 is 2.75 bits per heavy atom. The molecule has 0 aliphatic carbocycles. The first-order valence-corrected chi connectivity index (χ1v) is 6.34. The molecule has 0 saturated carbocycles. The molecule has 4 nitrogen and oxygen atoms in total. The second-order valence-corrected chi connectivity index (χ2v) is 4.74. The van der Waals surface area contributed by atoms with Crippen LogP contribution in [0.25, 0.3) is 0 Å². The first-order valence-electron chi connectivity index (χ1n) is 5.94. The van der Waals surface area contributed by atoms with E-state index < -0.39 is 0 Å². The van der Waals surface area contributed by atoms with Crippen molar-refractivity contribution in [1.29, 1.82) is 0 Å². The number of aromatic amines is 1. The minimum Gasteiger partial charge on any atom is -0.309 e. The molecule has 1 aromatic rings. The van der Waals surface area contributed by atoms with Crippen molar-refractivity contribution in [2.75, 3.05) is 20.6 Å². The van der Waals surface area contributed by atoms with E-state index in [1.807, 2.05) is 0 Å². The van der Waals surface area contributed by atoms with Crippen LogP contribution >= 0.6 is 12.2 Å². The lowest BCUT2D eigenvalue weighted by atomic mass is 10.3. The maximum Gasteiger partial charge on any atom is 0.195 e. The molecule has 0 unspecified atom stereocenters. The zero-order chi connectivity index (χ0) is 12.0. The topological polar surface area (TPSA) is 36.9 Å². The fourth-order valence-corrected chi connectivity index (χ4v) is 1.94. The molecule has 0 spiro atoms. The second-order valence-electron chi connectivity index (χ2n) is 4.36. The smallest absolute Gasteiger partial charge is 0.195 e. The maximum atomic E-state index is 5.22. The number of nitrogens with zero attached hydrogens (tertiary/aromatic N) is 3. The Bertz CT molecular complexity index is 353. The van der Waals surface area contributed by atoms with E-state index in [9.17, 15) is 0 Å². The summed E-state index contributed by atoms with van der Waals surface area (Å²) in [5, 5.41) is 7.13. The van der Waals surface area contributed by atoms with Crippen LogP contribution in [0.4, 0.5) is 0 Å². The van der Waals surface area contributed by atoms with Crippen LogP contribution in [0.1, 0.15) is 32.0 Å². The lowest BCUT2D eigenvalue weighted by Gasteiger charge is -2.10. The van der Waals surface area contributed by atoms with Crippen molar-refractivity contribution in [1.82, 2.24) is 19.7 Å². The van der Waals surface area contributed by atoms with E-state index in [0.717, 1.165) is 42.9 Å². The van der Waals surface area contributed by atoms with Gasteiger partial charge in [-0.25, -0.2) is 0 Å². The Balaban J connectivity index is 2.46. The Labute approximate surface area is 103 Å². The second kappa shape index (κ2) is 6.81. The van der Waals surface area contributed by atoms with Crippen LogP contribution < -0.4 is 0 Å².